The third-order valence-corrected chi connectivity index (χ3v) is 5.01. The number of rotatable bonds is 6. The molecule has 4 nitrogen and oxygen atoms in total. The molecule has 1 aromatic heterocycles. The van der Waals surface area contributed by atoms with Crippen LogP contribution in [0.5, 0.6) is 11.5 Å². The second-order valence-electron chi connectivity index (χ2n) is 6.62. The molecule has 4 aromatic rings. The van der Waals surface area contributed by atoms with E-state index in [4.69, 9.17) is 25.6 Å². The fourth-order valence-electron chi connectivity index (χ4n) is 3.11. The molecule has 0 aliphatic carbocycles. The predicted molar refractivity (Wildman–Crippen MR) is 121 cm³/mol. The molecule has 3 aromatic carbocycles. The smallest absolute Gasteiger partial charge is 0.174 e. The summed E-state index contributed by atoms with van der Waals surface area (Å²) in [6, 6.07) is 23.1. The van der Waals surface area contributed by atoms with Crippen molar-refractivity contribution in [2.24, 2.45) is 0 Å². The minimum Gasteiger partial charge on any atom is -0.497 e. The Balaban J connectivity index is 1.79. The molecule has 0 spiro atoms. The molecular weight excluding hydrogens is 398 g/mol. The van der Waals surface area contributed by atoms with E-state index in [1.165, 1.54) is 0 Å². The maximum atomic E-state index is 6.00. The van der Waals surface area contributed by atoms with Gasteiger partial charge in [0.05, 0.1) is 19.8 Å². The maximum absolute atomic E-state index is 6.00. The third kappa shape index (κ3) is 4.24. The second-order valence-corrected chi connectivity index (χ2v) is 7.05. The quantitative estimate of drug-likeness (QED) is 0.344. The number of benzene rings is 3. The molecule has 0 unspecified atom stereocenters. The molecular formula is C25H20ClNO3. The number of hydrogen-bond acceptors (Lipinski definition) is 4. The Morgan fingerprint density at radius 2 is 1.30 bits per heavy atom. The van der Waals surface area contributed by atoms with E-state index < -0.39 is 0 Å². The zero-order chi connectivity index (χ0) is 20.9. The molecule has 0 radical (unpaired) electrons. The molecule has 5 heteroatoms. The lowest BCUT2D eigenvalue weighted by Crippen LogP contribution is -1.86. The van der Waals surface area contributed by atoms with Gasteiger partial charge in [-0.05, 0) is 72.3 Å². The van der Waals surface area contributed by atoms with Crippen LogP contribution in [-0.2, 0) is 0 Å². The van der Waals surface area contributed by atoms with Crippen molar-refractivity contribution < 1.29 is 14.0 Å². The van der Waals surface area contributed by atoms with Crippen LogP contribution in [0.2, 0.25) is 5.02 Å². The highest BCUT2D eigenvalue weighted by atomic mass is 35.5. The lowest BCUT2D eigenvalue weighted by Gasteiger charge is -2.04. The Labute approximate surface area is 180 Å². The van der Waals surface area contributed by atoms with E-state index in [-0.39, 0.29) is 0 Å². The lowest BCUT2D eigenvalue weighted by molar-refractivity contribution is 0.414. The van der Waals surface area contributed by atoms with Crippen molar-refractivity contribution in [2.75, 3.05) is 14.2 Å². The van der Waals surface area contributed by atoms with Gasteiger partial charge in [0.15, 0.2) is 5.76 Å². The molecule has 30 heavy (non-hydrogen) atoms. The Hall–Kier alpha value is -3.50. The fraction of sp³-hybridized carbons (Fsp3) is 0.0800. The summed E-state index contributed by atoms with van der Waals surface area (Å²) in [6.07, 6.45) is 4.03. The van der Waals surface area contributed by atoms with E-state index in [0.717, 1.165) is 39.4 Å². The molecule has 1 heterocycles. The summed E-state index contributed by atoms with van der Waals surface area (Å²) in [4.78, 5) is 0. The van der Waals surface area contributed by atoms with E-state index >= 15 is 0 Å². The zero-order valence-electron chi connectivity index (χ0n) is 16.6. The number of halogens is 1. The third-order valence-electron chi connectivity index (χ3n) is 4.76. The molecule has 0 bridgehead atoms. The summed E-state index contributed by atoms with van der Waals surface area (Å²) in [5.74, 6) is 2.26. The Morgan fingerprint density at radius 1 is 0.733 bits per heavy atom. The molecule has 0 aliphatic heterocycles. The van der Waals surface area contributed by atoms with Crippen LogP contribution in [0, 0.1) is 0 Å². The molecule has 0 N–H and O–H groups in total. The molecule has 4 rings (SSSR count). The maximum Gasteiger partial charge on any atom is 0.174 e. The molecule has 0 amide bonds. The highest BCUT2D eigenvalue weighted by molar-refractivity contribution is 6.30. The van der Waals surface area contributed by atoms with Crippen LogP contribution in [0.15, 0.2) is 77.3 Å². The van der Waals surface area contributed by atoms with Crippen LogP contribution in [0.1, 0.15) is 11.1 Å². The van der Waals surface area contributed by atoms with Crippen LogP contribution in [0.3, 0.4) is 0 Å². The van der Waals surface area contributed by atoms with Gasteiger partial charge in [-0.2, -0.15) is 0 Å². The second kappa shape index (κ2) is 8.89. The van der Waals surface area contributed by atoms with Gasteiger partial charge in [-0.3, -0.25) is 0 Å². The van der Waals surface area contributed by atoms with Crippen molar-refractivity contribution in [2.45, 2.75) is 0 Å². The van der Waals surface area contributed by atoms with Crippen LogP contribution in [-0.4, -0.2) is 19.4 Å². The highest BCUT2D eigenvalue weighted by Gasteiger charge is 2.17. The van der Waals surface area contributed by atoms with E-state index in [2.05, 4.69) is 5.16 Å². The first-order valence-electron chi connectivity index (χ1n) is 9.40. The topological polar surface area (TPSA) is 44.5 Å². The van der Waals surface area contributed by atoms with Gasteiger partial charge in [0, 0.05) is 16.1 Å². The standard InChI is InChI=1S/C25H20ClNO3/c1-28-21-12-6-18(7-13-21)24-23(16-5-17-3-10-20(26)11-4-17)25(30-27-24)19-8-14-22(29-2)15-9-19/h3-16H,1-2H3/b16-5+. The molecule has 0 saturated heterocycles. The van der Waals surface area contributed by atoms with Crippen LogP contribution in [0.25, 0.3) is 34.7 Å². The highest BCUT2D eigenvalue weighted by Crippen LogP contribution is 2.35. The van der Waals surface area contributed by atoms with Gasteiger partial charge in [-0.25, -0.2) is 0 Å². The Kier molecular flexibility index (Phi) is 5.87. The largest absolute Gasteiger partial charge is 0.497 e. The van der Waals surface area contributed by atoms with Crippen molar-refractivity contribution in [3.8, 4) is 34.1 Å². The van der Waals surface area contributed by atoms with Gasteiger partial charge in [-0.15, -0.1) is 0 Å². The van der Waals surface area contributed by atoms with Gasteiger partial charge in [-0.1, -0.05) is 35.0 Å². The fourth-order valence-corrected chi connectivity index (χ4v) is 3.24. The molecule has 0 aliphatic rings. The average Bonchev–Trinajstić information content (AvgIpc) is 3.22. The monoisotopic (exact) mass is 417 g/mol. The zero-order valence-corrected chi connectivity index (χ0v) is 17.4. The van der Waals surface area contributed by atoms with Gasteiger partial charge in [0.2, 0.25) is 0 Å². The number of ether oxygens (including phenoxy) is 2. The van der Waals surface area contributed by atoms with Gasteiger partial charge < -0.3 is 14.0 Å². The van der Waals surface area contributed by atoms with E-state index in [1.807, 2.05) is 84.9 Å². The number of methoxy groups -OCH3 is 2. The molecule has 0 atom stereocenters. The summed E-state index contributed by atoms with van der Waals surface area (Å²) in [6.45, 7) is 0. The van der Waals surface area contributed by atoms with Crippen LogP contribution >= 0.6 is 11.6 Å². The van der Waals surface area contributed by atoms with Gasteiger partial charge >= 0.3 is 0 Å². The lowest BCUT2D eigenvalue weighted by atomic mass is 10.0. The predicted octanol–water partition coefficient (Wildman–Crippen LogP) is 6.85. The molecule has 0 saturated carbocycles. The minimum absolute atomic E-state index is 0.689. The van der Waals surface area contributed by atoms with Gasteiger partial charge in [0.25, 0.3) is 0 Å². The van der Waals surface area contributed by atoms with Crippen molar-refractivity contribution in [3.63, 3.8) is 0 Å². The van der Waals surface area contributed by atoms with Crippen molar-refractivity contribution in [1.29, 1.82) is 0 Å². The Morgan fingerprint density at radius 3 is 1.87 bits per heavy atom. The van der Waals surface area contributed by atoms with Crippen molar-refractivity contribution in [1.82, 2.24) is 5.16 Å². The first-order valence-corrected chi connectivity index (χ1v) is 9.78. The average molecular weight is 418 g/mol. The summed E-state index contributed by atoms with van der Waals surface area (Å²) in [5, 5.41) is 5.07. The van der Waals surface area contributed by atoms with Crippen LogP contribution in [0.4, 0.5) is 0 Å². The molecule has 150 valence electrons. The van der Waals surface area contributed by atoms with Gasteiger partial charge in [0.1, 0.15) is 17.2 Å². The van der Waals surface area contributed by atoms with Crippen molar-refractivity contribution in [3.05, 3.63) is 88.9 Å². The van der Waals surface area contributed by atoms with Crippen molar-refractivity contribution >= 4 is 23.8 Å². The summed E-state index contributed by atoms with van der Waals surface area (Å²) < 4.78 is 16.3. The van der Waals surface area contributed by atoms with Crippen LogP contribution < -0.4 is 9.47 Å². The Bertz CT molecular complexity index is 1080. The molecule has 0 fully saturated rings. The number of nitrogens with zero attached hydrogens (tertiary/aromatic N) is 1. The van der Waals surface area contributed by atoms with E-state index in [9.17, 15) is 0 Å². The first-order chi connectivity index (χ1) is 14.7. The SMILES string of the molecule is COc1ccc(-c2noc(-c3ccc(OC)cc3)c2/C=C/c2ccc(Cl)cc2)cc1. The summed E-state index contributed by atoms with van der Waals surface area (Å²) >= 11 is 6.00. The normalized spacial score (nSPS) is 11.0. The number of aromatic nitrogens is 1. The summed E-state index contributed by atoms with van der Waals surface area (Å²) in [7, 11) is 3.29. The van der Waals surface area contributed by atoms with E-state index in [1.54, 1.807) is 14.2 Å². The van der Waals surface area contributed by atoms with E-state index in [0.29, 0.717) is 10.8 Å². The summed E-state index contributed by atoms with van der Waals surface area (Å²) in [5.41, 5.74) is 4.53. The first kappa shape index (κ1) is 19.8. The number of hydrogen-bond donors (Lipinski definition) is 0. The minimum atomic E-state index is 0.689.